The van der Waals surface area contributed by atoms with Crippen LogP contribution in [0.3, 0.4) is 0 Å². The highest BCUT2D eigenvalue weighted by Crippen LogP contribution is 2.43. The number of ether oxygens (including phenoxy) is 1. The third-order valence-electron chi connectivity index (χ3n) is 4.72. The molecule has 1 aromatic heterocycles. The number of benzene rings is 2. The number of nitro groups is 1. The molecule has 31 heavy (non-hydrogen) atoms. The highest BCUT2D eigenvalue weighted by Gasteiger charge is 2.35. The number of hydrogen-bond donors (Lipinski definition) is 0. The zero-order valence-electron chi connectivity index (χ0n) is 16.9. The molecular formula is C21H19N5O4S. The molecule has 0 radical (unpaired) electrons. The van der Waals surface area contributed by atoms with Crippen molar-refractivity contribution in [3.63, 3.8) is 0 Å². The molecule has 2 aromatic carbocycles. The minimum absolute atomic E-state index is 0.0919. The first-order valence-electron chi connectivity index (χ1n) is 9.73. The van der Waals surface area contributed by atoms with Gasteiger partial charge in [0.15, 0.2) is 5.69 Å². The average Bonchev–Trinajstić information content (AvgIpc) is 2.93. The lowest BCUT2D eigenvalue weighted by Gasteiger charge is -2.30. The Balaban J connectivity index is 1.95. The first kappa shape index (κ1) is 20.7. The van der Waals surface area contributed by atoms with E-state index in [2.05, 4.69) is 15.2 Å². The van der Waals surface area contributed by atoms with Crippen LogP contribution in [-0.4, -0.2) is 31.8 Å². The van der Waals surface area contributed by atoms with Gasteiger partial charge in [0.25, 0.3) is 5.69 Å². The molecule has 3 aromatic rings. The third-order valence-corrected chi connectivity index (χ3v) is 5.44. The average molecular weight is 437 g/mol. The molecule has 2 heterocycles. The van der Waals surface area contributed by atoms with E-state index in [1.165, 1.54) is 28.8 Å². The Morgan fingerprint density at radius 3 is 2.74 bits per heavy atom. The van der Waals surface area contributed by atoms with Crippen molar-refractivity contribution in [2.45, 2.75) is 31.7 Å². The van der Waals surface area contributed by atoms with Crippen molar-refractivity contribution in [2.24, 2.45) is 0 Å². The van der Waals surface area contributed by atoms with Gasteiger partial charge in [-0.05, 0) is 11.8 Å². The zero-order chi connectivity index (χ0) is 22.0. The van der Waals surface area contributed by atoms with E-state index in [4.69, 9.17) is 4.74 Å². The predicted octanol–water partition coefficient (Wildman–Crippen LogP) is 4.39. The number of amides is 1. The molecule has 0 fully saturated rings. The molecule has 0 aliphatic carbocycles. The molecule has 1 aliphatic heterocycles. The predicted molar refractivity (Wildman–Crippen MR) is 116 cm³/mol. The minimum Gasteiger partial charge on any atom is -0.447 e. The summed E-state index contributed by atoms with van der Waals surface area (Å²) in [5.74, 6) is 0.778. The zero-order valence-corrected chi connectivity index (χ0v) is 17.7. The van der Waals surface area contributed by atoms with Crippen LogP contribution in [0.25, 0.3) is 11.3 Å². The van der Waals surface area contributed by atoms with E-state index in [1.807, 2.05) is 25.1 Å². The van der Waals surface area contributed by atoms with Crippen LogP contribution in [0.2, 0.25) is 0 Å². The van der Waals surface area contributed by atoms with Crippen molar-refractivity contribution < 1.29 is 14.5 Å². The summed E-state index contributed by atoms with van der Waals surface area (Å²) in [5, 5.41) is 20.3. The number of carbonyl (C=O) groups is 1. The number of aromatic nitrogens is 3. The van der Waals surface area contributed by atoms with Crippen molar-refractivity contribution in [3.05, 3.63) is 64.2 Å². The van der Waals surface area contributed by atoms with Gasteiger partial charge in [0, 0.05) is 29.7 Å². The van der Waals surface area contributed by atoms with E-state index >= 15 is 0 Å². The topological polar surface area (TPSA) is 111 Å². The van der Waals surface area contributed by atoms with Crippen LogP contribution in [0.5, 0.6) is 5.88 Å². The van der Waals surface area contributed by atoms with Gasteiger partial charge in [-0.25, -0.2) is 0 Å². The van der Waals surface area contributed by atoms with Gasteiger partial charge in [-0.1, -0.05) is 55.9 Å². The summed E-state index contributed by atoms with van der Waals surface area (Å²) < 4.78 is 6.24. The number of thioether (sulfide) groups is 1. The molecule has 1 aliphatic rings. The first-order chi connectivity index (χ1) is 15.0. The maximum Gasteiger partial charge on any atom is 0.269 e. The van der Waals surface area contributed by atoms with Crippen molar-refractivity contribution in [2.75, 3.05) is 10.7 Å². The van der Waals surface area contributed by atoms with E-state index in [0.29, 0.717) is 27.7 Å². The number of nitrogens with zero attached hydrogens (tertiary/aromatic N) is 5. The largest absolute Gasteiger partial charge is 0.447 e. The molecule has 0 bridgehead atoms. The van der Waals surface area contributed by atoms with Gasteiger partial charge < -0.3 is 4.74 Å². The highest BCUT2D eigenvalue weighted by atomic mass is 32.2. The summed E-state index contributed by atoms with van der Waals surface area (Å²) in [6.07, 6.45) is -0.735. The van der Waals surface area contributed by atoms with Gasteiger partial charge in [0.1, 0.15) is 0 Å². The number of anilines is 1. The summed E-state index contributed by atoms with van der Waals surface area (Å²) in [4.78, 5) is 29.9. The van der Waals surface area contributed by atoms with Gasteiger partial charge in [0.05, 0.1) is 10.6 Å². The maximum absolute atomic E-state index is 13.1. The SMILES string of the molecule is CCSc1nnc2c(n1)OC(c1cccc([N+](=O)[O-])c1)N(C(=O)CC)c1ccccc1-2. The fourth-order valence-electron chi connectivity index (χ4n) is 3.35. The van der Waals surface area contributed by atoms with Crippen LogP contribution in [0.1, 0.15) is 32.1 Å². The molecule has 1 amide bonds. The molecule has 4 rings (SSSR count). The van der Waals surface area contributed by atoms with Crippen LogP contribution < -0.4 is 9.64 Å². The number of para-hydroxylation sites is 1. The van der Waals surface area contributed by atoms with Crippen LogP contribution in [0.4, 0.5) is 11.4 Å². The van der Waals surface area contributed by atoms with Gasteiger partial charge in [-0.2, -0.15) is 4.98 Å². The fourth-order valence-corrected chi connectivity index (χ4v) is 3.86. The molecule has 10 heteroatoms. The second-order valence-corrected chi connectivity index (χ2v) is 7.87. The van der Waals surface area contributed by atoms with Crippen LogP contribution in [0, 0.1) is 10.1 Å². The van der Waals surface area contributed by atoms with E-state index in [1.54, 1.807) is 25.1 Å². The summed E-state index contributed by atoms with van der Waals surface area (Å²) in [6, 6.07) is 13.3. The normalized spacial score (nSPS) is 14.8. The van der Waals surface area contributed by atoms with Gasteiger partial charge in [0.2, 0.25) is 23.2 Å². The quantitative estimate of drug-likeness (QED) is 0.328. The van der Waals surface area contributed by atoms with Crippen molar-refractivity contribution in [3.8, 4) is 17.1 Å². The molecule has 158 valence electrons. The summed E-state index contributed by atoms with van der Waals surface area (Å²) >= 11 is 1.42. The number of fused-ring (bicyclic) bond motifs is 3. The van der Waals surface area contributed by atoms with Gasteiger partial charge >= 0.3 is 0 Å². The second-order valence-electron chi connectivity index (χ2n) is 6.64. The highest BCUT2D eigenvalue weighted by molar-refractivity contribution is 7.99. The van der Waals surface area contributed by atoms with Crippen molar-refractivity contribution in [1.82, 2.24) is 15.2 Å². The van der Waals surface area contributed by atoms with Gasteiger partial charge in [-0.3, -0.25) is 19.8 Å². The molecule has 0 N–H and O–H groups in total. The fraction of sp³-hybridized carbons (Fsp3) is 0.238. The van der Waals surface area contributed by atoms with Gasteiger partial charge in [-0.15, -0.1) is 10.2 Å². The van der Waals surface area contributed by atoms with Crippen molar-refractivity contribution in [1.29, 1.82) is 0 Å². The molecule has 0 saturated heterocycles. The number of rotatable bonds is 5. The lowest BCUT2D eigenvalue weighted by atomic mass is 10.1. The Morgan fingerprint density at radius 1 is 1.19 bits per heavy atom. The van der Waals surface area contributed by atoms with Crippen LogP contribution >= 0.6 is 11.8 Å². The van der Waals surface area contributed by atoms with E-state index in [-0.39, 0.29) is 23.9 Å². The standard InChI is InChI=1S/C21H19N5O4S/c1-3-17(27)25-16-11-6-5-10-15(16)18-19(22-21(24-23-18)31-4-2)30-20(25)13-8-7-9-14(12-13)26(28)29/h5-12,20H,3-4H2,1-2H3. The molecule has 9 nitrogen and oxygen atoms in total. The number of non-ortho nitro benzene ring substituents is 1. The molecule has 0 saturated carbocycles. The first-order valence-corrected chi connectivity index (χ1v) is 10.7. The maximum atomic E-state index is 13.1. The van der Waals surface area contributed by atoms with E-state index in [0.717, 1.165) is 5.75 Å². The third kappa shape index (κ3) is 3.93. The summed E-state index contributed by atoms with van der Waals surface area (Å²) in [5.41, 5.74) is 2.02. The Morgan fingerprint density at radius 2 is 2.00 bits per heavy atom. The molecule has 1 atom stereocenters. The minimum atomic E-state index is -0.953. The summed E-state index contributed by atoms with van der Waals surface area (Å²) in [7, 11) is 0. The second kappa shape index (κ2) is 8.68. The monoisotopic (exact) mass is 437 g/mol. The Labute approximate surface area is 182 Å². The van der Waals surface area contributed by atoms with E-state index < -0.39 is 11.2 Å². The summed E-state index contributed by atoms with van der Waals surface area (Å²) in [6.45, 7) is 3.73. The molecular weight excluding hydrogens is 418 g/mol. The Kier molecular flexibility index (Phi) is 5.81. The number of nitro benzene ring substituents is 1. The Hall–Kier alpha value is -3.53. The molecule has 1 unspecified atom stereocenters. The van der Waals surface area contributed by atoms with Crippen LogP contribution in [0.15, 0.2) is 53.7 Å². The Bertz CT molecular complexity index is 1160. The van der Waals surface area contributed by atoms with Crippen LogP contribution in [-0.2, 0) is 4.79 Å². The lowest BCUT2D eigenvalue weighted by molar-refractivity contribution is -0.385. The number of hydrogen-bond acceptors (Lipinski definition) is 8. The number of carbonyl (C=O) groups excluding carboxylic acids is 1. The smallest absolute Gasteiger partial charge is 0.269 e. The van der Waals surface area contributed by atoms with E-state index in [9.17, 15) is 14.9 Å². The molecule has 0 spiro atoms. The lowest BCUT2D eigenvalue weighted by Crippen LogP contribution is -2.37. The van der Waals surface area contributed by atoms with Crippen molar-refractivity contribution >= 4 is 29.0 Å².